The third-order valence-electron chi connectivity index (χ3n) is 4.60. The zero-order chi connectivity index (χ0) is 21.8. The number of carbonyl (C=O) groups is 1. The average molecular weight is 416 g/mol. The second-order valence-electron chi connectivity index (χ2n) is 6.58. The summed E-state index contributed by atoms with van der Waals surface area (Å²) in [6.07, 6.45) is 3.22. The molecule has 158 valence electrons. The minimum Gasteiger partial charge on any atom is -0.464 e. The lowest BCUT2D eigenvalue weighted by Gasteiger charge is -2.13. The minimum atomic E-state index is -0.666. The van der Waals surface area contributed by atoms with Crippen LogP contribution in [0.5, 0.6) is 5.75 Å². The van der Waals surface area contributed by atoms with Gasteiger partial charge in [0.25, 0.3) is 5.91 Å². The number of ether oxygens (including phenoxy) is 1. The van der Waals surface area contributed by atoms with Gasteiger partial charge in [0.05, 0.1) is 17.2 Å². The van der Waals surface area contributed by atoms with Gasteiger partial charge in [-0.2, -0.15) is 10.2 Å². The molecule has 1 N–H and O–H groups in total. The number of rotatable bonds is 8. The Kier molecular flexibility index (Phi) is 6.09. The van der Waals surface area contributed by atoms with Crippen molar-refractivity contribution in [2.45, 2.75) is 40.1 Å². The Bertz CT molecular complexity index is 1080. The van der Waals surface area contributed by atoms with Crippen LogP contribution in [0.4, 0.5) is 10.1 Å². The molecule has 0 saturated carbocycles. The fourth-order valence-corrected chi connectivity index (χ4v) is 3.00. The van der Waals surface area contributed by atoms with Gasteiger partial charge in [0.2, 0.25) is 5.75 Å². The lowest BCUT2D eigenvalue weighted by Crippen LogP contribution is -2.27. The number of aromatic nitrogens is 4. The molecule has 0 bridgehead atoms. The third-order valence-corrected chi connectivity index (χ3v) is 4.60. The smallest absolute Gasteiger partial charge is 0.311 e. The molecule has 1 amide bonds. The summed E-state index contributed by atoms with van der Waals surface area (Å²) in [5.41, 5.74) is 1.67. The summed E-state index contributed by atoms with van der Waals surface area (Å²) in [4.78, 5) is 22.9. The number of hydrogen-bond donors (Lipinski definition) is 1. The highest BCUT2D eigenvalue weighted by atomic mass is 19.1. The van der Waals surface area contributed by atoms with E-state index in [-0.39, 0.29) is 35.8 Å². The predicted octanol–water partition coefficient (Wildman–Crippen LogP) is 2.98. The second kappa shape index (κ2) is 8.72. The first-order valence-corrected chi connectivity index (χ1v) is 9.23. The molecule has 0 spiro atoms. The quantitative estimate of drug-likeness (QED) is 0.446. The van der Waals surface area contributed by atoms with Crippen molar-refractivity contribution < 1.29 is 18.8 Å². The van der Waals surface area contributed by atoms with Crippen LogP contribution in [-0.4, -0.2) is 30.4 Å². The lowest BCUT2D eigenvalue weighted by atomic mass is 10.1. The Morgan fingerprint density at radius 1 is 1.40 bits per heavy atom. The van der Waals surface area contributed by atoms with Crippen LogP contribution in [0.2, 0.25) is 0 Å². The Labute approximate surface area is 171 Å². The van der Waals surface area contributed by atoms with Gasteiger partial charge in [-0.15, -0.1) is 0 Å². The molecule has 0 aliphatic rings. The number of nitro benzene ring substituents is 1. The van der Waals surface area contributed by atoms with Crippen molar-refractivity contribution in [2.75, 3.05) is 0 Å². The average Bonchev–Trinajstić information content (AvgIpc) is 3.32. The monoisotopic (exact) mass is 416 g/mol. The first-order chi connectivity index (χ1) is 14.3. The molecule has 1 aromatic carbocycles. The summed E-state index contributed by atoms with van der Waals surface area (Å²) in [5.74, 6) is -1.27. The van der Waals surface area contributed by atoms with E-state index < -0.39 is 10.7 Å². The maximum Gasteiger partial charge on any atom is 0.311 e. The topological polar surface area (TPSA) is 117 Å². The predicted molar refractivity (Wildman–Crippen MR) is 104 cm³/mol. The molecule has 0 aliphatic heterocycles. The molecule has 1 unspecified atom stereocenters. The molecule has 3 aromatic rings. The number of carbonyl (C=O) groups excluding carboxylic acids is 1. The fourth-order valence-electron chi connectivity index (χ4n) is 3.00. The summed E-state index contributed by atoms with van der Waals surface area (Å²) < 4.78 is 21.8. The molecular weight excluding hydrogens is 395 g/mol. The summed E-state index contributed by atoms with van der Waals surface area (Å²) in [7, 11) is 0. The summed E-state index contributed by atoms with van der Waals surface area (Å²) >= 11 is 0. The van der Waals surface area contributed by atoms with E-state index in [4.69, 9.17) is 4.74 Å². The highest BCUT2D eigenvalue weighted by Crippen LogP contribution is 2.27. The number of nitrogens with one attached hydrogen (secondary N) is 1. The highest BCUT2D eigenvalue weighted by Gasteiger charge is 2.19. The summed E-state index contributed by atoms with van der Waals surface area (Å²) in [6.45, 7) is 6.29. The van der Waals surface area contributed by atoms with E-state index in [1.165, 1.54) is 16.9 Å². The molecule has 11 heteroatoms. The molecular formula is C19H21FN6O4. The number of nitrogens with zero attached hydrogens (tertiary/aromatic N) is 5. The molecule has 0 fully saturated rings. The van der Waals surface area contributed by atoms with E-state index in [9.17, 15) is 19.3 Å². The van der Waals surface area contributed by atoms with Crippen molar-refractivity contribution in [3.8, 4) is 5.75 Å². The molecule has 2 heterocycles. The summed E-state index contributed by atoms with van der Waals surface area (Å²) in [5, 5.41) is 22.3. The molecule has 10 nitrogen and oxygen atoms in total. The van der Waals surface area contributed by atoms with Crippen LogP contribution in [-0.2, 0) is 13.3 Å². The second-order valence-corrected chi connectivity index (χ2v) is 6.58. The standard InChI is InChI=1S/C19H21FN6O4/c1-4-25-13(3)15(10-21-25)12(2)22-19(27)16-7-8-24(23-16)11-30-18-9-14(20)5-6-17(18)26(28)29/h5-10,12H,4,11H2,1-3H3,(H,22,27). The van der Waals surface area contributed by atoms with Gasteiger partial charge in [-0.05, 0) is 32.9 Å². The SMILES string of the molecule is CCn1ncc(C(C)NC(=O)c2ccn(COc3cc(F)ccc3[N+](=O)[O-])n2)c1C. The van der Waals surface area contributed by atoms with Crippen molar-refractivity contribution in [3.63, 3.8) is 0 Å². The maximum atomic E-state index is 13.4. The first kappa shape index (κ1) is 21.0. The van der Waals surface area contributed by atoms with E-state index in [1.54, 1.807) is 6.20 Å². The van der Waals surface area contributed by atoms with Crippen LogP contribution in [0.15, 0.2) is 36.7 Å². The summed E-state index contributed by atoms with van der Waals surface area (Å²) in [6, 6.07) is 4.16. The molecule has 2 aromatic heterocycles. The van der Waals surface area contributed by atoms with Gasteiger partial charge in [-0.25, -0.2) is 9.07 Å². The van der Waals surface area contributed by atoms with Crippen LogP contribution in [0, 0.1) is 22.9 Å². The Morgan fingerprint density at radius 3 is 2.83 bits per heavy atom. The number of amides is 1. The van der Waals surface area contributed by atoms with Crippen LogP contribution in [0.25, 0.3) is 0 Å². The van der Waals surface area contributed by atoms with Crippen molar-refractivity contribution in [3.05, 3.63) is 69.5 Å². The van der Waals surface area contributed by atoms with Crippen molar-refractivity contribution >= 4 is 11.6 Å². The molecule has 0 saturated heterocycles. The lowest BCUT2D eigenvalue weighted by molar-refractivity contribution is -0.386. The van der Waals surface area contributed by atoms with E-state index in [2.05, 4.69) is 15.5 Å². The van der Waals surface area contributed by atoms with Crippen LogP contribution < -0.4 is 10.1 Å². The van der Waals surface area contributed by atoms with Gasteiger partial charge < -0.3 is 10.1 Å². The first-order valence-electron chi connectivity index (χ1n) is 9.23. The number of halogens is 1. The van der Waals surface area contributed by atoms with E-state index in [0.29, 0.717) is 0 Å². The van der Waals surface area contributed by atoms with Crippen molar-refractivity contribution in [1.29, 1.82) is 0 Å². The van der Waals surface area contributed by atoms with Gasteiger partial charge in [0, 0.05) is 36.1 Å². The normalized spacial score (nSPS) is 11.9. The van der Waals surface area contributed by atoms with Gasteiger partial charge in [0.15, 0.2) is 6.73 Å². The van der Waals surface area contributed by atoms with Gasteiger partial charge in [-0.1, -0.05) is 0 Å². The Hall–Kier alpha value is -3.76. The molecule has 3 rings (SSSR count). The zero-order valence-corrected chi connectivity index (χ0v) is 16.7. The molecule has 0 radical (unpaired) electrons. The molecule has 30 heavy (non-hydrogen) atoms. The number of hydrogen-bond acceptors (Lipinski definition) is 6. The Morgan fingerprint density at radius 2 is 2.17 bits per heavy atom. The van der Waals surface area contributed by atoms with Gasteiger partial charge >= 0.3 is 5.69 Å². The van der Waals surface area contributed by atoms with E-state index >= 15 is 0 Å². The zero-order valence-electron chi connectivity index (χ0n) is 16.7. The molecule has 0 aliphatic carbocycles. The van der Waals surface area contributed by atoms with Crippen LogP contribution in [0.3, 0.4) is 0 Å². The maximum absolute atomic E-state index is 13.4. The Balaban J connectivity index is 1.65. The fraction of sp³-hybridized carbons (Fsp3) is 0.316. The third kappa shape index (κ3) is 4.45. The number of benzene rings is 1. The van der Waals surface area contributed by atoms with Crippen molar-refractivity contribution in [1.82, 2.24) is 24.9 Å². The highest BCUT2D eigenvalue weighted by molar-refractivity contribution is 5.92. The van der Waals surface area contributed by atoms with Crippen LogP contribution in [0.1, 0.15) is 41.6 Å². The minimum absolute atomic E-state index is 0.153. The number of aryl methyl sites for hydroxylation is 1. The number of nitro groups is 1. The largest absolute Gasteiger partial charge is 0.464 e. The molecule has 1 atom stereocenters. The van der Waals surface area contributed by atoms with E-state index in [0.717, 1.165) is 36.0 Å². The van der Waals surface area contributed by atoms with Gasteiger partial charge in [0.1, 0.15) is 11.5 Å². The van der Waals surface area contributed by atoms with Gasteiger partial charge in [-0.3, -0.25) is 19.6 Å². The van der Waals surface area contributed by atoms with Crippen molar-refractivity contribution in [2.24, 2.45) is 0 Å². The van der Waals surface area contributed by atoms with Crippen LogP contribution >= 0.6 is 0 Å². The van der Waals surface area contributed by atoms with E-state index in [1.807, 2.05) is 25.5 Å².